The van der Waals surface area contributed by atoms with E-state index in [2.05, 4.69) is 19.2 Å². The fourth-order valence-corrected chi connectivity index (χ4v) is 1.54. The molecule has 68 valence electrons. The third-order valence-corrected chi connectivity index (χ3v) is 2.36. The highest BCUT2D eigenvalue weighted by molar-refractivity contribution is 7.99. The Labute approximate surface area is 74.3 Å². The SMILES string of the molecule is CC(C)NCCSCCCN. The number of hydrogen-bond donors (Lipinski definition) is 2. The summed E-state index contributed by atoms with van der Waals surface area (Å²) in [4.78, 5) is 0. The summed E-state index contributed by atoms with van der Waals surface area (Å²) < 4.78 is 0. The average Bonchev–Trinajstić information content (AvgIpc) is 1.96. The minimum absolute atomic E-state index is 0.616. The lowest BCUT2D eigenvalue weighted by Gasteiger charge is -2.06. The maximum atomic E-state index is 5.36. The molecule has 0 saturated carbocycles. The molecule has 0 bridgehead atoms. The van der Waals surface area contributed by atoms with Crippen LogP contribution in [0, 0.1) is 0 Å². The molecule has 0 aliphatic heterocycles. The van der Waals surface area contributed by atoms with Crippen LogP contribution in [-0.4, -0.2) is 30.6 Å². The van der Waals surface area contributed by atoms with Crippen LogP contribution < -0.4 is 11.1 Å². The second-order valence-corrected chi connectivity index (χ2v) is 4.09. The fraction of sp³-hybridized carbons (Fsp3) is 1.00. The van der Waals surface area contributed by atoms with Gasteiger partial charge < -0.3 is 11.1 Å². The van der Waals surface area contributed by atoms with Crippen molar-refractivity contribution in [3.8, 4) is 0 Å². The van der Waals surface area contributed by atoms with Gasteiger partial charge in [0, 0.05) is 18.3 Å². The zero-order valence-corrected chi connectivity index (χ0v) is 8.41. The summed E-state index contributed by atoms with van der Waals surface area (Å²) in [6, 6.07) is 0.616. The van der Waals surface area contributed by atoms with Gasteiger partial charge in [-0.25, -0.2) is 0 Å². The second-order valence-electron chi connectivity index (χ2n) is 2.86. The molecule has 0 amide bonds. The minimum Gasteiger partial charge on any atom is -0.330 e. The highest BCUT2D eigenvalue weighted by Gasteiger charge is 1.91. The first-order chi connectivity index (χ1) is 5.27. The van der Waals surface area contributed by atoms with Gasteiger partial charge in [0.1, 0.15) is 0 Å². The Morgan fingerprint density at radius 2 is 2.09 bits per heavy atom. The summed E-state index contributed by atoms with van der Waals surface area (Å²) in [6.45, 7) is 6.28. The molecule has 2 nitrogen and oxygen atoms in total. The molecular weight excluding hydrogens is 156 g/mol. The largest absolute Gasteiger partial charge is 0.330 e. The molecule has 0 rings (SSSR count). The monoisotopic (exact) mass is 176 g/mol. The van der Waals surface area contributed by atoms with E-state index in [0.717, 1.165) is 19.5 Å². The molecule has 0 aromatic carbocycles. The minimum atomic E-state index is 0.616. The number of nitrogens with one attached hydrogen (secondary N) is 1. The summed E-state index contributed by atoms with van der Waals surface area (Å²) >= 11 is 1.98. The van der Waals surface area contributed by atoms with Gasteiger partial charge in [0.2, 0.25) is 0 Å². The predicted molar refractivity (Wildman–Crippen MR) is 54.1 cm³/mol. The van der Waals surface area contributed by atoms with Crippen LogP contribution in [0.15, 0.2) is 0 Å². The lowest BCUT2D eigenvalue weighted by atomic mass is 10.4. The van der Waals surface area contributed by atoms with Gasteiger partial charge >= 0.3 is 0 Å². The van der Waals surface area contributed by atoms with Crippen molar-refractivity contribution in [2.75, 3.05) is 24.6 Å². The van der Waals surface area contributed by atoms with Gasteiger partial charge in [-0.3, -0.25) is 0 Å². The molecule has 0 aliphatic rings. The maximum Gasteiger partial charge on any atom is 0.00582 e. The van der Waals surface area contributed by atoms with Crippen LogP contribution in [0.2, 0.25) is 0 Å². The van der Waals surface area contributed by atoms with Crippen molar-refractivity contribution in [3.63, 3.8) is 0 Å². The van der Waals surface area contributed by atoms with E-state index in [9.17, 15) is 0 Å². The Kier molecular flexibility index (Phi) is 8.57. The molecule has 0 fully saturated rings. The Balaban J connectivity index is 2.80. The van der Waals surface area contributed by atoms with Gasteiger partial charge in [0.25, 0.3) is 0 Å². The smallest absolute Gasteiger partial charge is 0.00582 e. The standard InChI is InChI=1S/C8H20N2S/c1-8(2)10-5-7-11-6-3-4-9/h8,10H,3-7,9H2,1-2H3. The van der Waals surface area contributed by atoms with E-state index in [1.807, 2.05) is 11.8 Å². The molecule has 0 radical (unpaired) electrons. The summed E-state index contributed by atoms with van der Waals surface area (Å²) in [7, 11) is 0. The number of nitrogens with two attached hydrogens (primary N) is 1. The first-order valence-electron chi connectivity index (χ1n) is 4.28. The molecule has 11 heavy (non-hydrogen) atoms. The van der Waals surface area contributed by atoms with Crippen LogP contribution in [-0.2, 0) is 0 Å². The van der Waals surface area contributed by atoms with Gasteiger partial charge in [0.15, 0.2) is 0 Å². The Morgan fingerprint density at radius 3 is 2.64 bits per heavy atom. The first kappa shape index (κ1) is 11.3. The van der Waals surface area contributed by atoms with Gasteiger partial charge in [0.05, 0.1) is 0 Å². The zero-order chi connectivity index (χ0) is 8.53. The van der Waals surface area contributed by atoms with Crippen molar-refractivity contribution in [3.05, 3.63) is 0 Å². The van der Waals surface area contributed by atoms with E-state index in [0.29, 0.717) is 6.04 Å². The molecule has 0 atom stereocenters. The summed E-state index contributed by atoms with van der Waals surface area (Å²) in [6.07, 6.45) is 1.15. The van der Waals surface area contributed by atoms with Crippen LogP contribution >= 0.6 is 11.8 Å². The molecule has 3 heteroatoms. The third-order valence-electron chi connectivity index (χ3n) is 1.29. The zero-order valence-electron chi connectivity index (χ0n) is 7.60. The molecule has 0 heterocycles. The Morgan fingerprint density at radius 1 is 1.36 bits per heavy atom. The maximum absolute atomic E-state index is 5.36. The van der Waals surface area contributed by atoms with Crippen molar-refractivity contribution in [1.82, 2.24) is 5.32 Å². The Bertz CT molecular complexity index is 76.5. The van der Waals surface area contributed by atoms with Crippen LogP contribution in [0.25, 0.3) is 0 Å². The average molecular weight is 176 g/mol. The van der Waals surface area contributed by atoms with Gasteiger partial charge in [-0.2, -0.15) is 11.8 Å². The third kappa shape index (κ3) is 10.3. The molecule has 3 N–H and O–H groups in total. The normalized spacial score (nSPS) is 10.9. The lowest BCUT2D eigenvalue weighted by Crippen LogP contribution is -2.25. The number of hydrogen-bond acceptors (Lipinski definition) is 3. The van der Waals surface area contributed by atoms with Crippen LogP contribution in [0.1, 0.15) is 20.3 Å². The van der Waals surface area contributed by atoms with E-state index < -0.39 is 0 Å². The Hall–Kier alpha value is 0.270. The fourth-order valence-electron chi connectivity index (χ4n) is 0.707. The molecule has 0 aromatic rings. The van der Waals surface area contributed by atoms with Crippen molar-refractivity contribution in [2.45, 2.75) is 26.3 Å². The molecular formula is C8H20N2S. The van der Waals surface area contributed by atoms with E-state index in [1.165, 1.54) is 11.5 Å². The van der Waals surface area contributed by atoms with E-state index in [1.54, 1.807) is 0 Å². The highest BCUT2D eigenvalue weighted by atomic mass is 32.2. The van der Waals surface area contributed by atoms with Crippen molar-refractivity contribution in [1.29, 1.82) is 0 Å². The summed E-state index contributed by atoms with van der Waals surface area (Å²) in [5, 5.41) is 3.37. The molecule has 0 aromatic heterocycles. The van der Waals surface area contributed by atoms with Gasteiger partial charge in [-0.1, -0.05) is 13.8 Å². The predicted octanol–water partition coefficient (Wildman–Crippen LogP) is 1.07. The van der Waals surface area contributed by atoms with Gasteiger partial charge in [-0.15, -0.1) is 0 Å². The van der Waals surface area contributed by atoms with Crippen LogP contribution in [0.4, 0.5) is 0 Å². The van der Waals surface area contributed by atoms with Gasteiger partial charge in [-0.05, 0) is 18.7 Å². The van der Waals surface area contributed by atoms with Crippen molar-refractivity contribution < 1.29 is 0 Å². The number of rotatable bonds is 7. The van der Waals surface area contributed by atoms with E-state index in [4.69, 9.17) is 5.73 Å². The molecule has 0 unspecified atom stereocenters. The van der Waals surface area contributed by atoms with E-state index in [-0.39, 0.29) is 0 Å². The molecule has 0 saturated heterocycles. The quantitative estimate of drug-likeness (QED) is 0.570. The summed E-state index contributed by atoms with van der Waals surface area (Å²) in [5.74, 6) is 2.41. The van der Waals surface area contributed by atoms with Crippen molar-refractivity contribution >= 4 is 11.8 Å². The first-order valence-corrected chi connectivity index (χ1v) is 5.44. The molecule has 0 spiro atoms. The van der Waals surface area contributed by atoms with E-state index >= 15 is 0 Å². The highest BCUT2D eigenvalue weighted by Crippen LogP contribution is 1.99. The lowest BCUT2D eigenvalue weighted by molar-refractivity contribution is 0.616. The topological polar surface area (TPSA) is 38.0 Å². The molecule has 0 aliphatic carbocycles. The summed E-state index contributed by atoms with van der Waals surface area (Å²) in [5.41, 5.74) is 5.36. The second kappa shape index (κ2) is 8.37. The van der Waals surface area contributed by atoms with Crippen LogP contribution in [0.3, 0.4) is 0 Å². The van der Waals surface area contributed by atoms with Crippen molar-refractivity contribution in [2.24, 2.45) is 5.73 Å². The van der Waals surface area contributed by atoms with Crippen LogP contribution in [0.5, 0.6) is 0 Å². The number of thioether (sulfide) groups is 1.